The number of nitrogens with one attached hydrogen (secondary N) is 2. The molecule has 3 N–H and O–H groups in total. The summed E-state index contributed by atoms with van der Waals surface area (Å²) in [5.74, 6) is 1.26. The van der Waals surface area contributed by atoms with Crippen molar-refractivity contribution < 1.29 is 14.6 Å². The highest BCUT2D eigenvalue weighted by molar-refractivity contribution is 5.75. The molecule has 2 aromatic rings. The number of methoxy groups -OCH3 is 1. The van der Waals surface area contributed by atoms with Crippen molar-refractivity contribution in [2.45, 2.75) is 38.0 Å². The third kappa shape index (κ3) is 3.25. The van der Waals surface area contributed by atoms with Gasteiger partial charge in [-0.25, -0.2) is 0 Å². The van der Waals surface area contributed by atoms with E-state index in [1.165, 1.54) is 23.2 Å². The largest absolute Gasteiger partial charge is 0.497 e. The maximum absolute atomic E-state index is 10.3. The molecule has 2 aromatic carbocycles. The molecule has 6 nitrogen and oxygen atoms in total. The first-order chi connectivity index (χ1) is 14.2. The number of hydrogen-bond acceptors (Lipinski definition) is 6. The molecule has 0 radical (unpaired) electrons. The third-order valence-electron chi connectivity index (χ3n) is 6.47. The smallest absolute Gasteiger partial charge is 0.119 e. The molecule has 5 rings (SSSR count). The van der Waals surface area contributed by atoms with Gasteiger partial charge in [0.15, 0.2) is 0 Å². The Balaban J connectivity index is 1.55. The Hall–Kier alpha value is -2.28. The predicted octanol–water partition coefficient (Wildman–Crippen LogP) is 3.29. The fourth-order valence-electron chi connectivity index (χ4n) is 5.14. The number of hydrogen-bond donors (Lipinski definition) is 3. The van der Waals surface area contributed by atoms with Gasteiger partial charge in [-0.15, -0.1) is 0 Å². The van der Waals surface area contributed by atoms with E-state index in [9.17, 15) is 5.11 Å². The van der Waals surface area contributed by atoms with Crippen molar-refractivity contribution in [3.05, 3.63) is 47.0 Å². The van der Waals surface area contributed by atoms with Crippen molar-refractivity contribution in [2.75, 3.05) is 43.6 Å². The first-order valence-electron chi connectivity index (χ1n) is 10.5. The second kappa shape index (κ2) is 7.52. The number of aliphatic hydroxyl groups is 1. The fraction of sp³-hybridized carbons (Fsp3) is 0.478. The van der Waals surface area contributed by atoms with E-state index in [1.54, 1.807) is 14.0 Å². The molecule has 29 heavy (non-hydrogen) atoms. The Morgan fingerprint density at radius 3 is 3.03 bits per heavy atom. The normalized spacial score (nSPS) is 23.8. The van der Waals surface area contributed by atoms with Crippen LogP contribution in [-0.4, -0.2) is 44.5 Å². The Kier molecular flexibility index (Phi) is 4.86. The highest BCUT2D eigenvalue weighted by Gasteiger charge is 2.41. The number of nitrogens with zero attached hydrogens (tertiary/aromatic N) is 1. The maximum atomic E-state index is 10.3. The van der Waals surface area contributed by atoms with E-state index in [2.05, 4.69) is 27.7 Å². The van der Waals surface area contributed by atoms with E-state index < -0.39 is 6.10 Å². The molecule has 3 aliphatic heterocycles. The monoisotopic (exact) mass is 395 g/mol. The van der Waals surface area contributed by atoms with Gasteiger partial charge in [0, 0.05) is 53.2 Å². The average Bonchev–Trinajstić information content (AvgIpc) is 2.89. The molecule has 1 fully saturated rings. The summed E-state index contributed by atoms with van der Waals surface area (Å²) < 4.78 is 11.2. The summed E-state index contributed by atoms with van der Waals surface area (Å²) in [6.07, 6.45) is 0.584. The van der Waals surface area contributed by atoms with Crippen LogP contribution in [0.25, 0.3) is 0 Å². The Labute approximate surface area is 171 Å². The highest BCUT2D eigenvalue weighted by Crippen LogP contribution is 2.47. The van der Waals surface area contributed by atoms with Crippen LogP contribution >= 0.6 is 0 Å². The summed E-state index contributed by atoms with van der Waals surface area (Å²) in [7, 11) is 1.64. The van der Waals surface area contributed by atoms with Crippen LogP contribution in [0.15, 0.2) is 30.3 Å². The van der Waals surface area contributed by atoms with Crippen molar-refractivity contribution in [1.82, 2.24) is 5.32 Å². The minimum absolute atomic E-state index is 0.518. The van der Waals surface area contributed by atoms with Crippen LogP contribution in [0.3, 0.4) is 0 Å². The maximum Gasteiger partial charge on any atom is 0.119 e. The Morgan fingerprint density at radius 2 is 2.21 bits per heavy atom. The molecule has 154 valence electrons. The van der Waals surface area contributed by atoms with Crippen molar-refractivity contribution in [3.63, 3.8) is 0 Å². The number of piperidine rings is 1. The summed E-state index contributed by atoms with van der Waals surface area (Å²) in [5.41, 5.74) is 6.82. The number of ether oxygens (including phenoxy) is 2. The molecule has 0 spiro atoms. The molecule has 6 heteroatoms. The SMILES string of the molecule is COc1ccc(Nc2cc3c4c(c2)[C@@H]2CNCC[C@@H]2N4CCOC3)c(C(C)O)c1. The molecule has 1 unspecified atom stereocenters. The Morgan fingerprint density at radius 1 is 1.31 bits per heavy atom. The van der Waals surface area contributed by atoms with Gasteiger partial charge in [0.05, 0.1) is 26.4 Å². The van der Waals surface area contributed by atoms with Crippen LogP contribution in [0.4, 0.5) is 17.1 Å². The number of rotatable bonds is 4. The molecule has 3 aliphatic rings. The second-order valence-corrected chi connectivity index (χ2v) is 8.24. The van der Waals surface area contributed by atoms with Gasteiger partial charge in [-0.1, -0.05) is 0 Å². The van der Waals surface area contributed by atoms with Crippen molar-refractivity contribution >= 4 is 17.1 Å². The summed E-state index contributed by atoms with van der Waals surface area (Å²) in [6, 6.07) is 10.8. The van der Waals surface area contributed by atoms with Gasteiger partial charge in [-0.3, -0.25) is 0 Å². The fourth-order valence-corrected chi connectivity index (χ4v) is 5.14. The van der Waals surface area contributed by atoms with Gasteiger partial charge >= 0.3 is 0 Å². The van der Waals surface area contributed by atoms with Crippen molar-refractivity contribution in [2.24, 2.45) is 0 Å². The lowest BCUT2D eigenvalue weighted by molar-refractivity contribution is 0.130. The average molecular weight is 396 g/mol. The van der Waals surface area contributed by atoms with Crippen LogP contribution in [0.5, 0.6) is 5.75 Å². The molecule has 0 amide bonds. The molecular weight excluding hydrogens is 366 g/mol. The topological polar surface area (TPSA) is 66.0 Å². The van der Waals surface area contributed by atoms with Crippen LogP contribution < -0.4 is 20.3 Å². The molecule has 0 aromatic heterocycles. The molecular formula is C23H29N3O3. The predicted molar refractivity (Wildman–Crippen MR) is 114 cm³/mol. The lowest BCUT2D eigenvalue weighted by Gasteiger charge is -2.33. The van der Waals surface area contributed by atoms with Crippen LogP contribution in [0.1, 0.15) is 42.1 Å². The first-order valence-corrected chi connectivity index (χ1v) is 10.5. The van der Waals surface area contributed by atoms with E-state index in [0.29, 0.717) is 18.6 Å². The molecule has 3 atom stereocenters. The summed E-state index contributed by atoms with van der Waals surface area (Å²) in [5, 5.41) is 17.4. The minimum atomic E-state index is -0.589. The molecule has 0 saturated carbocycles. The van der Waals surface area contributed by atoms with Crippen molar-refractivity contribution in [1.29, 1.82) is 0 Å². The lowest BCUT2D eigenvalue weighted by Crippen LogP contribution is -2.44. The van der Waals surface area contributed by atoms with Crippen LogP contribution in [0, 0.1) is 0 Å². The zero-order valence-corrected chi connectivity index (χ0v) is 17.1. The van der Waals surface area contributed by atoms with E-state index >= 15 is 0 Å². The number of anilines is 3. The van der Waals surface area contributed by atoms with Crippen LogP contribution in [0.2, 0.25) is 0 Å². The number of aliphatic hydroxyl groups excluding tert-OH is 1. The van der Waals surface area contributed by atoms with E-state index in [1.807, 2.05) is 18.2 Å². The minimum Gasteiger partial charge on any atom is -0.497 e. The summed E-state index contributed by atoms with van der Waals surface area (Å²) in [6.45, 7) is 6.28. The lowest BCUT2D eigenvalue weighted by atomic mass is 9.89. The van der Waals surface area contributed by atoms with Gasteiger partial charge in [0.25, 0.3) is 0 Å². The standard InChI is InChI=1S/C23H29N3O3/c1-14(27)18-11-17(28-2)3-4-21(18)25-16-9-15-13-29-8-7-26-22-5-6-24-12-20(22)19(10-16)23(15)26/h3-4,9-11,14,20,22,24-25,27H,5-8,12-13H2,1-2H3/t14?,20-,22-/m0/s1. The summed E-state index contributed by atoms with van der Waals surface area (Å²) in [4.78, 5) is 2.58. The number of benzene rings is 2. The third-order valence-corrected chi connectivity index (χ3v) is 6.47. The van der Waals surface area contributed by atoms with Gasteiger partial charge in [0.1, 0.15) is 5.75 Å². The molecule has 0 bridgehead atoms. The Bertz CT molecular complexity index is 914. The zero-order valence-electron chi connectivity index (χ0n) is 17.1. The quantitative estimate of drug-likeness (QED) is 0.738. The van der Waals surface area contributed by atoms with Crippen LogP contribution in [-0.2, 0) is 11.3 Å². The van der Waals surface area contributed by atoms with Gasteiger partial charge in [-0.05, 0) is 55.8 Å². The molecule has 0 aliphatic carbocycles. The van der Waals surface area contributed by atoms with Gasteiger partial charge < -0.3 is 30.1 Å². The van der Waals surface area contributed by atoms with E-state index in [-0.39, 0.29) is 0 Å². The van der Waals surface area contributed by atoms with Gasteiger partial charge in [0.2, 0.25) is 0 Å². The summed E-state index contributed by atoms with van der Waals surface area (Å²) >= 11 is 0. The first kappa shape index (κ1) is 18.7. The molecule has 1 saturated heterocycles. The van der Waals surface area contributed by atoms with Gasteiger partial charge in [-0.2, -0.15) is 0 Å². The van der Waals surface area contributed by atoms with Crippen molar-refractivity contribution in [3.8, 4) is 5.75 Å². The van der Waals surface area contributed by atoms with E-state index in [0.717, 1.165) is 48.9 Å². The highest BCUT2D eigenvalue weighted by atomic mass is 16.5. The zero-order chi connectivity index (χ0) is 20.0. The van der Waals surface area contributed by atoms with E-state index in [4.69, 9.17) is 9.47 Å². The number of fused-ring (bicyclic) bond motifs is 3. The molecule has 3 heterocycles. The second-order valence-electron chi connectivity index (χ2n) is 8.24.